The fourth-order valence-electron chi connectivity index (χ4n) is 3.48. The normalized spacial score (nSPS) is 26.8. The van der Waals surface area contributed by atoms with E-state index in [9.17, 15) is 4.79 Å². The molecule has 3 rings (SSSR count). The Morgan fingerprint density at radius 1 is 1.25 bits per heavy atom. The van der Waals surface area contributed by atoms with Crippen LogP contribution in [0, 0.1) is 11.3 Å². The van der Waals surface area contributed by atoms with E-state index in [0.717, 1.165) is 44.3 Å². The Balaban J connectivity index is 1.71. The minimum atomic E-state index is -0.301. The van der Waals surface area contributed by atoms with Crippen molar-refractivity contribution in [3.63, 3.8) is 0 Å². The molecule has 2 fully saturated rings. The van der Waals surface area contributed by atoms with Gasteiger partial charge < -0.3 is 5.32 Å². The van der Waals surface area contributed by atoms with Crippen LogP contribution < -0.4 is 5.32 Å². The van der Waals surface area contributed by atoms with Gasteiger partial charge in [0.1, 0.15) is 0 Å². The quantitative estimate of drug-likeness (QED) is 0.921. The maximum absolute atomic E-state index is 12.5. The zero-order valence-corrected chi connectivity index (χ0v) is 12.4. The van der Waals surface area contributed by atoms with Crippen molar-refractivity contribution in [2.75, 3.05) is 0 Å². The van der Waals surface area contributed by atoms with Crippen molar-refractivity contribution in [2.24, 2.45) is 11.3 Å². The van der Waals surface area contributed by atoms with Gasteiger partial charge in [0.25, 0.3) is 0 Å². The molecule has 1 amide bonds. The molecule has 0 bridgehead atoms. The topological polar surface area (TPSA) is 54.9 Å². The van der Waals surface area contributed by atoms with E-state index in [0.29, 0.717) is 5.41 Å². The van der Waals surface area contributed by atoms with E-state index >= 15 is 0 Å². The maximum Gasteiger partial charge on any atom is 0.223 e. The summed E-state index contributed by atoms with van der Waals surface area (Å²) >= 11 is 0. The van der Waals surface area contributed by atoms with Crippen molar-refractivity contribution >= 4 is 5.91 Å². The van der Waals surface area contributed by atoms with Crippen LogP contribution >= 0.6 is 0 Å². The largest absolute Gasteiger partial charge is 0.343 e. The van der Waals surface area contributed by atoms with Crippen LogP contribution in [0.5, 0.6) is 0 Å². The van der Waals surface area contributed by atoms with E-state index in [1.54, 1.807) is 12.4 Å². The van der Waals surface area contributed by atoms with Gasteiger partial charge in [0.05, 0.1) is 5.54 Å². The van der Waals surface area contributed by atoms with Crippen molar-refractivity contribution < 1.29 is 4.79 Å². The molecule has 1 unspecified atom stereocenters. The van der Waals surface area contributed by atoms with Gasteiger partial charge in [-0.15, -0.1) is 0 Å². The first-order chi connectivity index (χ1) is 9.51. The van der Waals surface area contributed by atoms with Gasteiger partial charge >= 0.3 is 0 Å². The molecule has 2 saturated carbocycles. The highest BCUT2D eigenvalue weighted by molar-refractivity contribution is 5.80. The summed E-state index contributed by atoms with van der Waals surface area (Å²) in [4.78, 5) is 21.3. The van der Waals surface area contributed by atoms with Crippen LogP contribution in [0.2, 0.25) is 0 Å². The van der Waals surface area contributed by atoms with Gasteiger partial charge in [-0.2, -0.15) is 0 Å². The minimum Gasteiger partial charge on any atom is -0.343 e. The fourth-order valence-corrected chi connectivity index (χ4v) is 3.48. The predicted octanol–water partition coefficient (Wildman–Crippen LogP) is 2.80. The summed E-state index contributed by atoms with van der Waals surface area (Å²) < 4.78 is 0. The van der Waals surface area contributed by atoms with E-state index in [4.69, 9.17) is 0 Å². The molecule has 1 aromatic rings. The highest BCUT2D eigenvalue weighted by Gasteiger charge is 2.45. The van der Waals surface area contributed by atoms with Gasteiger partial charge in [-0.1, -0.05) is 13.8 Å². The van der Waals surface area contributed by atoms with Crippen LogP contribution in [-0.4, -0.2) is 15.9 Å². The van der Waals surface area contributed by atoms with Gasteiger partial charge in [-0.3, -0.25) is 4.79 Å². The highest BCUT2D eigenvalue weighted by Crippen LogP contribution is 2.43. The smallest absolute Gasteiger partial charge is 0.223 e. The lowest BCUT2D eigenvalue weighted by molar-refractivity contribution is -0.128. The molecule has 4 heteroatoms. The Hall–Kier alpha value is -1.45. The first-order valence-electron chi connectivity index (χ1n) is 7.60. The van der Waals surface area contributed by atoms with Crippen molar-refractivity contribution in [3.8, 4) is 0 Å². The van der Waals surface area contributed by atoms with E-state index in [1.165, 1.54) is 0 Å². The molecule has 0 aromatic carbocycles. The predicted molar refractivity (Wildman–Crippen MR) is 76.8 cm³/mol. The lowest BCUT2D eigenvalue weighted by Gasteiger charge is -2.41. The second-order valence-electron chi connectivity index (χ2n) is 7.10. The lowest BCUT2D eigenvalue weighted by Crippen LogP contribution is -2.53. The summed E-state index contributed by atoms with van der Waals surface area (Å²) in [6, 6.07) is 1.82. The summed E-state index contributed by atoms with van der Waals surface area (Å²) in [5.74, 6) is 1.13. The van der Waals surface area contributed by atoms with E-state index in [2.05, 4.69) is 29.1 Å². The van der Waals surface area contributed by atoms with E-state index in [1.807, 2.05) is 6.07 Å². The summed E-state index contributed by atoms with van der Waals surface area (Å²) in [6.45, 7) is 4.50. The molecule has 0 spiro atoms. The minimum absolute atomic E-state index is 0.159. The van der Waals surface area contributed by atoms with Crippen LogP contribution in [0.15, 0.2) is 18.5 Å². The van der Waals surface area contributed by atoms with E-state index < -0.39 is 0 Å². The molecule has 2 aliphatic carbocycles. The van der Waals surface area contributed by atoms with Crippen molar-refractivity contribution in [3.05, 3.63) is 24.3 Å². The number of rotatable bonds is 3. The third kappa shape index (κ3) is 2.43. The number of carbonyl (C=O) groups is 1. The Kier molecular flexibility index (Phi) is 3.27. The van der Waals surface area contributed by atoms with Gasteiger partial charge in [0.2, 0.25) is 5.91 Å². The highest BCUT2D eigenvalue weighted by atomic mass is 16.2. The molecular formula is C16H23N3O. The summed E-state index contributed by atoms with van der Waals surface area (Å²) in [6.07, 6.45) is 9.70. The number of nitrogens with zero attached hydrogens (tertiary/aromatic N) is 2. The molecule has 4 nitrogen and oxygen atoms in total. The molecule has 1 N–H and O–H groups in total. The summed E-state index contributed by atoms with van der Waals surface area (Å²) in [5.41, 5.74) is 0.00308. The molecule has 0 aliphatic heterocycles. The standard InChI is InChI=1S/C16H23N3O/c1-15(2)8-5-12(11-15)13(20)19-16(6-3-7-16)14-17-9-4-10-18-14/h4,9-10,12H,3,5-8,11H2,1-2H3,(H,19,20). The Labute approximate surface area is 120 Å². The summed E-state index contributed by atoms with van der Waals surface area (Å²) in [7, 11) is 0. The molecular weight excluding hydrogens is 250 g/mol. The number of hydrogen-bond acceptors (Lipinski definition) is 3. The van der Waals surface area contributed by atoms with Crippen LogP contribution in [-0.2, 0) is 10.3 Å². The van der Waals surface area contributed by atoms with E-state index in [-0.39, 0.29) is 17.4 Å². The number of nitrogens with one attached hydrogen (secondary N) is 1. The molecule has 20 heavy (non-hydrogen) atoms. The van der Waals surface area contributed by atoms with Crippen LogP contribution in [0.25, 0.3) is 0 Å². The first kappa shape index (κ1) is 13.5. The Morgan fingerprint density at radius 3 is 2.45 bits per heavy atom. The SMILES string of the molecule is CC1(C)CCC(C(=O)NC2(c3ncccn3)CCC2)C1. The third-order valence-electron chi connectivity index (χ3n) is 4.90. The van der Waals surface area contributed by atoms with Crippen molar-refractivity contribution in [1.82, 2.24) is 15.3 Å². The van der Waals surface area contributed by atoms with Crippen LogP contribution in [0.4, 0.5) is 0 Å². The number of aromatic nitrogens is 2. The Morgan fingerprint density at radius 2 is 1.95 bits per heavy atom. The fraction of sp³-hybridized carbons (Fsp3) is 0.688. The zero-order valence-electron chi connectivity index (χ0n) is 12.4. The van der Waals surface area contributed by atoms with Crippen molar-refractivity contribution in [2.45, 2.75) is 57.9 Å². The second-order valence-corrected chi connectivity index (χ2v) is 7.10. The molecule has 0 saturated heterocycles. The molecule has 2 aliphatic rings. The Bertz CT molecular complexity index is 494. The number of amides is 1. The van der Waals surface area contributed by atoms with Gasteiger partial charge in [-0.25, -0.2) is 9.97 Å². The van der Waals surface area contributed by atoms with Gasteiger partial charge in [-0.05, 0) is 50.0 Å². The second kappa shape index (κ2) is 4.83. The molecule has 0 radical (unpaired) electrons. The average molecular weight is 273 g/mol. The van der Waals surface area contributed by atoms with Crippen LogP contribution in [0.3, 0.4) is 0 Å². The van der Waals surface area contributed by atoms with Gasteiger partial charge in [0.15, 0.2) is 5.82 Å². The maximum atomic E-state index is 12.5. The van der Waals surface area contributed by atoms with Crippen LogP contribution in [0.1, 0.15) is 58.2 Å². The first-order valence-corrected chi connectivity index (χ1v) is 7.60. The summed E-state index contributed by atoms with van der Waals surface area (Å²) in [5, 5.41) is 3.26. The van der Waals surface area contributed by atoms with Gasteiger partial charge in [0, 0.05) is 18.3 Å². The van der Waals surface area contributed by atoms with Crippen molar-refractivity contribution in [1.29, 1.82) is 0 Å². The number of hydrogen-bond donors (Lipinski definition) is 1. The molecule has 108 valence electrons. The zero-order chi connectivity index (χ0) is 14.2. The molecule has 1 heterocycles. The molecule has 1 atom stereocenters. The average Bonchev–Trinajstić information content (AvgIpc) is 2.75. The number of carbonyl (C=O) groups excluding carboxylic acids is 1. The lowest BCUT2D eigenvalue weighted by atomic mass is 9.75. The monoisotopic (exact) mass is 273 g/mol. The molecule has 1 aromatic heterocycles. The third-order valence-corrected chi connectivity index (χ3v) is 4.90.